The average Bonchev–Trinajstić information content (AvgIpc) is 2.80. The van der Waals surface area contributed by atoms with Gasteiger partial charge in [0.25, 0.3) is 0 Å². The van der Waals surface area contributed by atoms with Gasteiger partial charge in [-0.2, -0.15) is 0 Å². The highest BCUT2D eigenvalue weighted by Crippen LogP contribution is 2.23. The summed E-state index contributed by atoms with van der Waals surface area (Å²) in [5.41, 5.74) is 8.16. The number of sulfonamides is 1. The van der Waals surface area contributed by atoms with Crippen molar-refractivity contribution in [1.29, 1.82) is 0 Å². The molecule has 0 aromatic heterocycles. The summed E-state index contributed by atoms with van der Waals surface area (Å²) < 4.78 is 22.4. The number of hydrogen-bond acceptors (Lipinski definition) is 4. The van der Waals surface area contributed by atoms with Gasteiger partial charge in [-0.05, 0) is 43.9 Å². The van der Waals surface area contributed by atoms with Crippen LogP contribution in [0.5, 0.6) is 0 Å². The zero-order valence-electron chi connectivity index (χ0n) is 10.7. The molecule has 6 heteroatoms. The molecule has 0 saturated carbocycles. The molecule has 0 aliphatic heterocycles. The quantitative estimate of drug-likeness (QED) is 0.566. The zero-order chi connectivity index (χ0) is 13.9. The summed E-state index contributed by atoms with van der Waals surface area (Å²) in [7, 11) is -3.75. The highest BCUT2D eigenvalue weighted by Gasteiger charge is 2.12. The van der Waals surface area contributed by atoms with E-state index in [1.807, 2.05) is 0 Å². The van der Waals surface area contributed by atoms with Gasteiger partial charge in [0.15, 0.2) is 0 Å². The molecule has 1 aliphatic carbocycles. The Morgan fingerprint density at radius 1 is 1.32 bits per heavy atom. The van der Waals surface area contributed by atoms with Gasteiger partial charge >= 0.3 is 0 Å². The summed E-state index contributed by atoms with van der Waals surface area (Å²) in [5.74, 6) is 0. The molecule has 1 aromatic rings. The maximum atomic E-state index is 11.2. The smallest absolute Gasteiger partial charge is 0.240 e. The third-order valence-electron chi connectivity index (χ3n) is 3.23. The molecule has 0 bridgehead atoms. The maximum Gasteiger partial charge on any atom is 0.240 e. The summed E-state index contributed by atoms with van der Waals surface area (Å²) >= 11 is 0. The molecule has 2 rings (SSSR count). The Morgan fingerprint density at radius 2 is 2.11 bits per heavy atom. The molecule has 0 amide bonds. The molecule has 5 N–H and O–H groups in total. The first-order valence-electron chi connectivity index (χ1n) is 6.31. The van der Waals surface area contributed by atoms with Crippen molar-refractivity contribution >= 4 is 21.4 Å². The lowest BCUT2D eigenvalue weighted by molar-refractivity contribution is 0.598. The Balaban J connectivity index is 1.96. The van der Waals surface area contributed by atoms with Crippen molar-refractivity contribution in [2.75, 3.05) is 17.6 Å². The Kier molecular flexibility index (Phi) is 4.11. The number of nitrogen functional groups attached to an aromatic ring is 1. The van der Waals surface area contributed by atoms with E-state index < -0.39 is 10.0 Å². The normalized spacial score (nSPS) is 15.3. The van der Waals surface area contributed by atoms with Crippen LogP contribution in [0.1, 0.15) is 25.7 Å². The standard InChI is InChI=1S/C13H19N3O2S/c14-12-9-11(5-6-13(12)19(15,17)18)16-8-7-10-3-1-2-4-10/h3,5-6,9,16H,1-2,4,7-8,14H2,(H2,15,17,18). The topological polar surface area (TPSA) is 98.2 Å². The third-order valence-corrected chi connectivity index (χ3v) is 4.21. The molecule has 1 aliphatic rings. The number of rotatable bonds is 5. The predicted octanol–water partition coefficient (Wildman–Crippen LogP) is 1.83. The second-order valence-electron chi connectivity index (χ2n) is 4.73. The van der Waals surface area contributed by atoms with Crippen molar-refractivity contribution in [2.45, 2.75) is 30.6 Å². The third kappa shape index (κ3) is 3.71. The van der Waals surface area contributed by atoms with E-state index in [2.05, 4.69) is 11.4 Å². The maximum absolute atomic E-state index is 11.2. The van der Waals surface area contributed by atoms with Crippen molar-refractivity contribution in [3.63, 3.8) is 0 Å². The van der Waals surface area contributed by atoms with Crippen LogP contribution in [0.4, 0.5) is 11.4 Å². The number of allylic oxidation sites excluding steroid dienone is 1. The van der Waals surface area contributed by atoms with Crippen molar-refractivity contribution in [1.82, 2.24) is 0 Å². The van der Waals surface area contributed by atoms with Crippen LogP contribution in [0.3, 0.4) is 0 Å². The van der Waals surface area contributed by atoms with Crippen LogP contribution < -0.4 is 16.2 Å². The molecule has 0 fully saturated rings. The number of hydrogen-bond donors (Lipinski definition) is 3. The summed E-state index contributed by atoms with van der Waals surface area (Å²) in [6.45, 7) is 0.819. The lowest BCUT2D eigenvalue weighted by Gasteiger charge is -2.09. The first-order chi connectivity index (χ1) is 8.97. The number of primary sulfonamides is 1. The highest BCUT2D eigenvalue weighted by atomic mass is 32.2. The van der Waals surface area contributed by atoms with E-state index in [1.165, 1.54) is 30.9 Å². The highest BCUT2D eigenvalue weighted by molar-refractivity contribution is 7.89. The second-order valence-corrected chi connectivity index (χ2v) is 6.26. The average molecular weight is 281 g/mol. The Morgan fingerprint density at radius 3 is 2.68 bits per heavy atom. The summed E-state index contributed by atoms with van der Waals surface area (Å²) in [6.07, 6.45) is 6.93. The number of nitrogens with one attached hydrogen (secondary N) is 1. The molecule has 0 atom stereocenters. The first-order valence-corrected chi connectivity index (χ1v) is 7.85. The molecule has 19 heavy (non-hydrogen) atoms. The van der Waals surface area contributed by atoms with E-state index in [4.69, 9.17) is 10.9 Å². The summed E-state index contributed by atoms with van der Waals surface area (Å²) in [6, 6.07) is 4.71. The zero-order valence-corrected chi connectivity index (χ0v) is 11.5. The van der Waals surface area contributed by atoms with Crippen LogP contribution in [0.25, 0.3) is 0 Å². The molecule has 0 heterocycles. The molecule has 1 aromatic carbocycles. The Bertz CT molecular complexity index is 594. The SMILES string of the molecule is Nc1cc(NCCC2=CCCC2)ccc1S(N)(=O)=O. The fourth-order valence-corrected chi connectivity index (χ4v) is 2.89. The van der Waals surface area contributed by atoms with Gasteiger partial charge in [0, 0.05) is 12.2 Å². The van der Waals surface area contributed by atoms with Gasteiger partial charge in [-0.15, -0.1) is 0 Å². The fourth-order valence-electron chi connectivity index (χ4n) is 2.25. The van der Waals surface area contributed by atoms with E-state index >= 15 is 0 Å². The molecule has 0 unspecified atom stereocenters. The van der Waals surface area contributed by atoms with Gasteiger partial charge in [-0.1, -0.05) is 11.6 Å². The van der Waals surface area contributed by atoms with Crippen molar-refractivity contribution in [3.8, 4) is 0 Å². The predicted molar refractivity (Wildman–Crippen MR) is 77.3 cm³/mol. The van der Waals surface area contributed by atoms with Crippen molar-refractivity contribution in [2.24, 2.45) is 5.14 Å². The van der Waals surface area contributed by atoms with Crippen molar-refractivity contribution < 1.29 is 8.42 Å². The molecule has 0 spiro atoms. The molecular weight excluding hydrogens is 262 g/mol. The number of benzene rings is 1. The van der Waals surface area contributed by atoms with Gasteiger partial charge < -0.3 is 11.1 Å². The van der Waals surface area contributed by atoms with E-state index in [0.29, 0.717) is 0 Å². The van der Waals surface area contributed by atoms with Gasteiger partial charge in [-0.25, -0.2) is 13.6 Å². The minimum atomic E-state index is -3.75. The largest absolute Gasteiger partial charge is 0.398 e. The van der Waals surface area contributed by atoms with E-state index in [-0.39, 0.29) is 10.6 Å². The van der Waals surface area contributed by atoms with Crippen LogP contribution >= 0.6 is 0 Å². The Labute approximate surface area is 113 Å². The lowest BCUT2D eigenvalue weighted by Crippen LogP contribution is -2.14. The van der Waals surface area contributed by atoms with E-state index in [9.17, 15) is 8.42 Å². The molecule has 0 radical (unpaired) electrons. The number of nitrogens with two attached hydrogens (primary N) is 2. The van der Waals surface area contributed by atoms with Crippen LogP contribution in [0, 0.1) is 0 Å². The Hall–Kier alpha value is -1.53. The van der Waals surface area contributed by atoms with Crippen LogP contribution in [0.2, 0.25) is 0 Å². The molecule has 0 saturated heterocycles. The minimum absolute atomic E-state index is 0.0310. The van der Waals surface area contributed by atoms with Gasteiger partial charge in [0.05, 0.1) is 5.69 Å². The summed E-state index contributed by atoms with van der Waals surface area (Å²) in [4.78, 5) is -0.0310. The van der Waals surface area contributed by atoms with Crippen LogP contribution in [0.15, 0.2) is 34.7 Å². The van der Waals surface area contributed by atoms with Crippen LogP contribution in [-0.2, 0) is 10.0 Å². The molecule has 104 valence electrons. The van der Waals surface area contributed by atoms with Gasteiger partial charge in [-0.3, -0.25) is 0 Å². The fraction of sp³-hybridized carbons (Fsp3) is 0.385. The lowest BCUT2D eigenvalue weighted by atomic mass is 10.1. The first kappa shape index (κ1) is 13.9. The van der Waals surface area contributed by atoms with Gasteiger partial charge in [0.1, 0.15) is 4.90 Å². The van der Waals surface area contributed by atoms with Crippen LogP contribution in [-0.4, -0.2) is 15.0 Å². The van der Waals surface area contributed by atoms with E-state index in [0.717, 1.165) is 18.7 Å². The monoisotopic (exact) mass is 281 g/mol. The molecule has 5 nitrogen and oxygen atoms in total. The van der Waals surface area contributed by atoms with E-state index in [1.54, 1.807) is 12.1 Å². The van der Waals surface area contributed by atoms with Crippen molar-refractivity contribution in [3.05, 3.63) is 29.8 Å². The van der Waals surface area contributed by atoms with Gasteiger partial charge in [0.2, 0.25) is 10.0 Å². The molecular formula is C13H19N3O2S. The number of anilines is 2. The minimum Gasteiger partial charge on any atom is -0.398 e. The summed E-state index contributed by atoms with van der Waals surface area (Å²) in [5, 5.41) is 8.29. The second kappa shape index (κ2) is 5.63.